The van der Waals surface area contributed by atoms with Gasteiger partial charge in [-0.25, -0.2) is 0 Å². The molecule has 0 aliphatic heterocycles. The molecule has 0 atom stereocenters. The molecular weight excluding hydrogens is 374 g/mol. The molecule has 6 nitrogen and oxygen atoms in total. The maximum atomic E-state index is 9.48. The molecule has 6 heteroatoms. The third kappa shape index (κ3) is 3.59. The monoisotopic (exact) mass is 397 g/mol. The zero-order valence-electron chi connectivity index (χ0n) is 16.5. The summed E-state index contributed by atoms with van der Waals surface area (Å²) in [6.07, 6.45) is 5.42. The van der Waals surface area contributed by atoms with Gasteiger partial charge in [-0.1, -0.05) is 46.1 Å². The number of benzene rings is 2. The number of hydrogen-bond donors (Lipinski definition) is 0. The van der Waals surface area contributed by atoms with E-state index in [4.69, 9.17) is 10.00 Å². The number of pyridine rings is 1. The van der Waals surface area contributed by atoms with E-state index in [1.54, 1.807) is 31.5 Å². The summed E-state index contributed by atoms with van der Waals surface area (Å²) < 4.78 is 6.67. The Labute approximate surface area is 176 Å². The van der Waals surface area contributed by atoms with Crippen LogP contribution in [0.5, 0.6) is 5.75 Å². The number of ether oxygens (including phenoxy) is 1. The van der Waals surface area contributed by atoms with E-state index in [-0.39, 0.29) is 7.43 Å². The van der Waals surface area contributed by atoms with Crippen molar-refractivity contribution in [3.05, 3.63) is 60.3 Å². The zero-order valence-corrected chi connectivity index (χ0v) is 16.5. The van der Waals surface area contributed by atoms with Crippen LogP contribution in [-0.2, 0) is 0 Å². The number of nitriles is 2. The van der Waals surface area contributed by atoms with E-state index in [0.29, 0.717) is 22.5 Å². The van der Waals surface area contributed by atoms with Crippen molar-refractivity contribution in [1.29, 1.82) is 10.5 Å². The van der Waals surface area contributed by atoms with Gasteiger partial charge >= 0.3 is 0 Å². The second-order valence-corrected chi connectivity index (χ2v) is 5.88. The molecular formula is C24H23N5O. The third-order valence-electron chi connectivity index (χ3n) is 4.47. The van der Waals surface area contributed by atoms with Gasteiger partial charge in [-0.2, -0.15) is 20.3 Å². The van der Waals surface area contributed by atoms with Crippen molar-refractivity contribution < 1.29 is 4.74 Å². The van der Waals surface area contributed by atoms with Crippen molar-refractivity contribution in [1.82, 2.24) is 14.8 Å². The maximum Gasteiger partial charge on any atom is 0.207 e. The summed E-state index contributed by atoms with van der Waals surface area (Å²) in [7, 11) is 1.60. The van der Waals surface area contributed by atoms with E-state index in [9.17, 15) is 5.26 Å². The van der Waals surface area contributed by atoms with Crippen LogP contribution in [0.3, 0.4) is 0 Å². The Balaban J connectivity index is 0.00000104. The summed E-state index contributed by atoms with van der Waals surface area (Å²) in [4.78, 5) is 4.47. The standard InChI is InChI=1S/C21H13N5O.C2H6.CH4/c1-3-14-8-16-17(9-19(14)27-2)24-11-18-20(16)21(25-26(18)12-23)15-6-4-13(10-22)5-7-15;1-2;/h3-9,11H,1H2,2H3;1-2H3;1H4. The van der Waals surface area contributed by atoms with Gasteiger partial charge in [0.05, 0.1) is 30.5 Å². The molecule has 0 spiro atoms. The summed E-state index contributed by atoms with van der Waals surface area (Å²) in [5, 5.41) is 24.6. The molecule has 30 heavy (non-hydrogen) atoms. The van der Waals surface area contributed by atoms with Gasteiger partial charge in [0.1, 0.15) is 17.0 Å². The molecule has 0 radical (unpaired) electrons. The van der Waals surface area contributed by atoms with Crippen LogP contribution in [0.15, 0.2) is 49.2 Å². The van der Waals surface area contributed by atoms with Crippen molar-refractivity contribution >= 4 is 27.9 Å². The van der Waals surface area contributed by atoms with E-state index in [1.807, 2.05) is 38.1 Å². The molecule has 0 amide bonds. The second-order valence-electron chi connectivity index (χ2n) is 5.88. The molecule has 0 aliphatic carbocycles. The van der Waals surface area contributed by atoms with E-state index in [2.05, 4.69) is 28.9 Å². The largest absolute Gasteiger partial charge is 0.496 e. The van der Waals surface area contributed by atoms with Crippen LogP contribution in [-0.4, -0.2) is 21.9 Å². The minimum Gasteiger partial charge on any atom is -0.496 e. The molecule has 2 aromatic heterocycles. The predicted octanol–water partition coefficient (Wildman–Crippen LogP) is 5.77. The quantitative estimate of drug-likeness (QED) is 0.438. The lowest BCUT2D eigenvalue weighted by atomic mass is 10.0. The molecule has 0 unspecified atom stereocenters. The molecule has 0 saturated carbocycles. The van der Waals surface area contributed by atoms with Gasteiger partial charge in [-0.15, -0.1) is 0 Å². The summed E-state index contributed by atoms with van der Waals surface area (Å²) in [5.41, 5.74) is 4.21. The van der Waals surface area contributed by atoms with Crippen LogP contribution < -0.4 is 4.74 Å². The number of methoxy groups -OCH3 is 1. The SMILES string of the molecule is C.C=Cc1cc2c(cc1OC)ncc1c2c(-c2ccc(C#N)cc2)nn1C#N.CC. The third-order valence-corrected chi connectivity index (χ3v) is 4.47. The Bertz CT molecular complexity index is 1290. The first-order valence-corrected chi connectivity index (χ1v) is 9.12. The lowest BCUT2D eigenvalue weighted by molar-refractivity contribution is 0.414. The van der Waals surface area contributed by atoms with Crippen LogP contribution in [0, 0.1) is 22.8 Å². The smallest absolute Gasteiger partial charge is 0.207 e. The fourth-order valence-electron chi connectivity index (χ4n) is 3.16. The van der Waals surface area contributed by atoms with Crippen LogP contribution in [0.2, 0.25) is 0 Å². The lowest BCUT2D eigenvalue weighted by Gasteiger charge is -2.08. The maximum absolute atomic E-state index is 9.48. The average Bonchev–Trinajstić information content (AvgIpc) is 3.18. The van der Waals surface area contributed by atoms with Crippen LogP contribution in [0.25, 0.3) is 39.1 Å². The van der Waals surface area contributed by atoms with Gasteiger partial charge in [-0.3, -0.25) is 4.98 Å². The Kier molecular flexibility index (Phi) is 6.90. The number of hydrogen-bond acceptors (Lipinski definition) is 5. The topological polar surface area (TPSA) is 87.5 Å². The molecule has 2 heterocycles. The molecule has 0 bridgehead atoms. The van der Waals surface area contributed by atoms with Gasteiger partial charge < -0.3 is 4.74 Å². The summed E-state index contributed by atoms with van der Waals surface area (Å²) in [6.45, 7) is 7.84. The van der Waals surface area contributed by atoms with Crippen LogP contribution in [0.1, 0.15) is 32.4 Å². The van der Waals surface area contributed by atoms with Crippen molar-refractivity contribution in [3.63, 3.8) is 0 Å². The molecule has 0 aliphatic rings. The van der Waals surface area contributed by atoms with Crippen LogP contribution in [0.4, 0.5) is 0 Å². The van der Waals surface area contributed by atoms with Gasteiger partial charge in [0, 0.05) is 28.0 Å². The van der Waals surface area contributed by atoms with Crippen LogP contribution >= 0.6 is 0 Å². The van der Waals surface area contributed by atoms with Gasteiger partial charge in [0.25, 0.3) is 0 Å². The van der Waals surface area contributed by atoms with Gasteiger partial charge in [-0.05, 0) is 18.2 Å². The number of rotatable bonds is 3. The average molecular weight is 397 g/mol. The van der Waals surface area contributed by atoms with Crippen molar-refractivity contribution in [3.8, 4) is 29.3 Å². The first-order chi connectivity index (χ1) is 14.2. The van der Waals surface area contributed by atoms with Crippen molar-refractivity contribution in [2.24, 2.45) is 0 Å². The fraction of sp³-hybridized carbons (Fsp3) is 0.167. The Morgan fingerprint density at radius 1 is 1.13 bits per heavy atom. The minimum atomic E-state index is 0. The minimum absolute atomic E-state index is 0. The normalized spacial score (nSPS) is 9.63. The van der Waals surface area contributed by atoms with E-state index >= 15 is 0 Å². The van der Waals surface area contributed by atoms with Crippen molar-refractivity contribution in [2.45, 2.75) is 21.3 Å². The summed E-state index contributed by atoms with van der Waals surface area (Å²) in [5.74, 6) is 0.678. The number of aromatic nitrogens is 3. The van der Waals surface area contributed by atoms with E-state index < -0.39 is 0 Å². The lowest BCUT2D eigenvalue weighted by Crippen LogP contribution is -1.92. The molecule has 0 N–H and O–H groups in total. The van der Waals surface area contributed by atoms with E-state index in [0.717, 1.165) is 27.4 Å². The Morgan fingerprint density at radius 2 is 1.83 bits per heavy atom. The van der Waals surface area contributed by atoms with Crippen molar-refractivity contribution in [2.75, 3.05) is 7.11 Å². The molecule has 4 rings (SSSR count). The summed E-state index contributed by atoms with van der Waals surface area (Å²) >= 11 is 0. The number of fused-ring (bicyclic) bond motifs is 3. The molecule has 2 aromatic carbocycles. The predicted molar refractivity (Wildman–Crippen MR) is 121 cm³/mol. The first kappa shape index (κ1) is 22.1. The van der Waals surface area contributed by atoms with Gasteiger partial charge in [0.15, 0.2) is 0 Å². The Morgan fingerprint density at radius 3 is 2.40 bits per heavy atom. The molecule has 150 valence electrons. The first-order valence-electron chi connectivity index (χ1n) is 9.12. The second kappa shape index (κ2) is 9.36. The highest BCUT2D eigenvalue weighted by atomic mass is 16.5. The summed E-state index contributed by atoms with van der Waals surface area (Å²) in [6, 6.07) is 13.0. The fourth-order valence-corrected chi connectivity index (χ4v) is 3.16. The molecule has 4 aromatic rings. The highest BCUT2D eigenvalue weighted by molar-refractivity contribution is 6.12. The van der Waals surface area contributed by atoms with E-state index in [1.165, 1.54) is 4.68 Å². The highest BCUT2D eigenvalue weighted by Gasteiger charge is 2.17. The molecule has 0 saturated heterocycles. The zero-order chi connectivity index (χ0) is 21.0. The Hall–Kier alpha value is -4.16. The molecule has 0 fully saturated rings. The van der Waals surface area contributed by atoms with Gasteiger partial charge in [0.2, 0.25) is 6.19 Å². The highest BCUT2D eigenvalue weighted by Crippen LogP contribution is 2.36. The number of nitrogens with zero attached hydrogens (tertiary/aromatic N) is 5.